The second-order valence-corrected chi connectivity index (χ2v) is 7.04. The summed E-state index contributed by atoms with van der Waals surface area (Å²) in [5, 5.41) is 3.07. The molecule has 2 aromatic carbocycles. The van der Waals surface area contributed by atoms with E-state index >= 15 is 0 Å². The second kappa shape index (κ2) is 10.2. The molecule has 0 aromatic heterocycles. The molecule has 0 atom stereocenters. The van der Waals surface area contributed by atoms with Crippen molar-refractivity contribution >= 4 is 56.7 Å². The van der Waals surface area contributed by atoms with Crippen molar-refractivity contribution in [1.29, 1.82) is 0 Å². The quantitative estimate of drug-likeness (QED) is 0.461. The molecule has 0 aliphatic heterocycles. The molecule has 2 rings (SSSR count). The lowest BCUT2D eigenvalue weighted by molar-refractivity contribution is -0.121. The molecule has 0 heterocycles. The summed E-state index contributed by atoms with van der Waals surface area (Å²) in [4.78, 5) is 24.1. The van der Waals surface area contributed by atoms with Gasteiger partial charge in [0.15, 0.2) is 5.11 Å². The Morgan fingerprint density at radius 2 is 1.85 bits per heavy atom. The van der Waals surface area contributed by atoms with Gasteiger partial charge in [-0.2, -0.15) is 0 Å². The average molecular weight is 471 g/mol. The third-order valence-electron chi connectivity index (χ3n) is 3.31. The zero-order valence-corrected chi connectivity index (χ0v) is 17.5. The molecule has 2 amide bonds. The van der Waals surface area contributed by atoms with Gasteiger partial charge in [0, 0.05) is 10.6 Å². The van der Waals surface area contributed by atoms with E-state index in [9.17, 15) is 9.59 Å². The monoisotopic (exact) mass is 469 g/mol. The highest BCUT2D eigenvalue weighted by Crippen LogP contribution is 2.25. The van der Waals surface area contributed by atoms with Gasteiger partial charge in [0.05, 0.1) is 17.5 Å². The van der Waals surface area contributed by atoms with Crippen LogP contribution < -0.4 is 20.9 Å². The predicted molar refractivity (Wildman–Crippen MR) is 112 cm³/mol. The Kier molecular flexibility index (Phi) is 8.02. The van der Waals surface area contributed by atoms with E-state index in [0.717, 1.165) is 5.56 Å². The Bertz CT molecular complexity index is 846. The number of hydrazine groups is 1. The summed E-state index contributed by atoms with van der Waals surface area (Å²) in [7, 11) is 0. The number of benzene rings is 2. The van der Waals surface area contributed by atoms with E-state index in [0.29, 0.717) is 27.4 Å². The number of hydrogen-bond acceptors (Lipinski definition) is 4. The summed E-state index contributed by atoms with van der Waals surface area (Å²) in [5.41, 5.74) is 6.12. The van der Waals surface area contributed by atoms with Crippen LogP contribution in [0.2, 0.25) is 5.02 Å². The molecule has 3 N–H and O–H groups in total. The second-order valence-electron chi connectivity index (χ2n) is 5.34. The zero-order chi connectivity index (χ0) is 19.8. The van der Waals surface area contributed by atoms with Crippen LogP contribution in [0.1, 0.15) is 22.8 Å². The lowest BCUT2D eigenvalue weighted by Crippen LogP contribution is -2.48. The van der Waals surface area contributed by atoms with Gasteiger partial charge in [-0.1, -0.05) is 23.7 Å². The molecule has 0 saturated carbocycles. The van der Waals surface area contributed by atoms with Gasteiger partial charge in [-0.25, -0.2) is 0 Å². The number of rotatable bonds is 5. The highest BCUT2D eigenvalue weighted by molar-refractivity contribution is 9.10. The van der Waals surface area contributed by atoms with Gasteiger partial charge in [0.2, 0.25) is 5.91 Å². The molecule has 2 aromatic rings. The molecule has 0 spiro atoms. The molecular formula is C18H17BrClN3O3S. The lowest BCUT2D eigenvalue weighted by Gasteiger charge is -2.12. The number of hydrogen-bond donors (Lipinski definition) is 3. The van der Waals surface area contributed by atoms with Crippen molar-refractivity contribution in [3.05, 3.63) is 63.1 Å². The highest BCUT2D eigenvalue weighted by Gasteiger charge is 2.11. The minimum absolute atomic E-state index is 0.0190. The number of ether oxygens (including phenoxy) is 1. The first-order valence-corrected chi connectivity index (χ1v) is 9.54. The van der Waals surface area contributed by atoms with Gasteiger partial charge in [0.1, 0.15) is 5.75 Å². The van der Waals surface area contributed by atoms with E-state index in [1.54, 1.807) is 42.5 Å². The summed E-state index contributed by atoms with van der Waals surface area (Å²) < 4.78 is 6.06. The van der Waals surface area contributed by atoms with Crippen LogP contribution in [-0.2, 0) is 11.2 Å². The maximum atomic E-state index is 12.2. The minimum atomic E-state index is -0.414. The van der Waals surface area contributed by atoms with Gasteiger partial charge in [0.25, 0.3) is 5.91 Å². The van der Waals surface area contributed by atoms with E-state index in [1.165, 1.54) is 0 Å². The van der Waals surface area contributed by atoms with Crippen molar-refractivity contribution < 1.29 is 14.3 Å². The summed E-state index contributed by atoms with van der Waals surface area (Å²) in [6.45, 7) is 2.40. The van der Waals surface area contributed by atoms with Crippen molar-refractivity contribution in [2.24, 2.45) is 0 Å². The molecule has 9 heteroatoms. The third-order valence-corrected chi connectivity index (χ3v) is 4.39. The molecule has 0 radical (unpaired) electrons. The van der Waals surface area contributed by atoms with E-state index < -0.39 is 5.91 Å². The normalized spacial score (nSPS) is 10.0. The van der Waals surface area contributed by atoms with Crippen LogP contribution in [0.5, 0.6) is 5.75 Å². The van der Waals surface area contributed by atoms with Crippen LogP contribution in [0, 0.1) is 0 Å². The minimum Gasteiger partial charge on any atom is -0.493 e. The molecule has 0 fully saturated rings. The SMILES string of the molecule is CCOc1ccc(C(=O)NC(=S)NNC(=O)Cc2ccc(Cl)cc2)cc1Br. The van der Waals surface area contributed by atoms with E-state index in [2.05, 4.69) is 32.1 Å². The third kappa shape index (κ3) is 6.82. The number of carbonyl (C=O) groups excluding carboxylic acids is 2. The Balaban J connectivity index is 1.82. The van der Waals surface area contributed by atoms with Crippen LogP contribution in [0.4, 0.5) is 0 Å². The molecular weight excluding hydrogens is 454 g/mol. The lowest BCUT2D eigenvalue weighted by atomic mass is 10.1. The first-order valence-electron chi connectivity index (χ1n) is 7.96. The number of halogens is 2. The molecule has 0 unspecified atom stereocenters. The van der Waals surface area contributed by atoms with Crippen molar-refractivity contribution in [3.8, 4) is 5.75 Å². The molecule has 0 saturated heterocycles. The molecule has 6 nitrogen and oxygen atoms in total. The van der Waals surface area contributed by atoms with Crippen LogP contribution in [0.25, 0.3) is 0 Å². The number of nitrogens with one attached hydrogen (secondary N) is 3. The number of thiocarbonyl (C=S) groups is 1. The van der Waals surface area contributed by atoms with Crippen molar-refractivity contribution in [1.82, 2.24) is 16.2 Å². The fourth-order valence-electron chi connectivity index (χ4n) is 2.08. The largest absolute Gasteiger partial charge is 0.493 e. The van der Waals surface area contributed by atoms with E-state index in [-0.39, 0.29) is 17.4 Å². The highest BCUT2D eigenvalue weighted by atomic mass is 79.9. The summed E-state index contributed by atoms with van der Waals surface area (Å²) in [6.07, 6.45) is 0.145. The number of carbonyl (C=O) groups is 2. The Morgan fingerprint density at radius 1 is 1.15 bits per heavy atom. The van der Waals surface area contributed by atoms with Crippen molar-refractivity contribution in [3.63, 3.8) is 0 Å². The summed E-state index contributed by atoms with van der Waals surface area (Å²) >= 11 is 14.2. The van der Waals surface area contributed by atoms with Gasteiger partial charge in [-0.3, -0.25) is 25.8 Å². The Hall–Kier alpha value is -2.16. The maximum absolute atomic E-state index is 12.2. The standard InChI is InChI=1S/C18H17BrClN3O3S/c1-2-26-15-8-5-12(10-14(15)19)17(25)21-18(27)23-22-16(24)9-11-3-6-13(20)7-4-11/h3-8,10H,2,9H2,1H3,(H,22,24)(H2,21,23,25,27). The van der Waals surface area contributed by atoms with E-state index in [4.69, 9.17) is 28.6 Å². The van der Waals surface area contributed by atoms with Gasteiger partial charge >= 0.3 is 0 Å². The summed E-state index contributed by atoms with van der Waals surface area (Å²) in [6, 6.07) is 11.9. The first kappa shape index (κ1) is 21.1. The Morgan fingerprint density at radius 3 is 2.48 bits per heavy atom. The molecule has 0 aliphatic rings. The molecule has 27 heavy (non-hydrogen) atoms. The maximum Gasteiger partial charge on any atom is 0.257 e. The van der Waals surface area contributed by atoms with Crippen LogP contribution in [0.3, 0.4) is 0 Å². The predicted octanol–water partition coefficient (Wildman–Crippen LogP) is 3.38. The first-order chi connectivity index (χ1) is 12.9. The smallest absolute Gasteiger partial charge is 0.257 e. The van der Waals surface area contributed by atoms with Gasteiger partial charge in [-0.15, -0.1) is 0 Å². The van der Waals surface area contributed by atoms with Crippen LogP contribution >= 0.6 is 39.7 Å². The fraction of sp³-hybridized carbons (Fsp3) is 0.167. The zero-order valence-electron chi connectivity index (χ0n) is 14.3. The molecule has 0 bridgehead atoms. The van der Waals surface area contributed by atoms with E-state index in [1.807, 2.05) is 6.92 Å². The summed E-state index contributed by atoms with van der Waals surface area (Å²) in [5.74, 6) is -0.0786. The molecule has 0 aliphatic carbocycles. The van der Waals surface area contributed by atoms with Crippen molar-refractivity contribution in [2.75, 3.05) is 6.61 Å². The average Bonchev–Trinajstić information content (AvgIpc) is 2.63. The molecule has 142 valence electrons. The number of amides is 2. The fourth-order valence-corrected chi connectivity index (χ4v) is 2.84. The van der Waals surface area contributed by atoms with Gasteiger partial charge in [-0.05, 0) is 71.0 Å². The van der Waals surface area contributed by atoms with Crippen molar-refractivity contribution in [2.45, 2.75) is 13.3 Å². The Labute approximate surface area is 175 Å². The van der Waals surface area contributed by atoms with Crippen LogP contribution in [0.15, 0.2) is 46.9 Å². The van der Waals surface area contributed by atoms with Crippen LogP contribution in [-0.4, -0.2) is 23.5 Å². The topological polar surface area (TPSA) is 79.5 Å². The van der Waals surface area contributed by atoms with Gasteiger partial charge < -0.3 is 4.74 Å².